The quantitative estimate of drug-likeness (QED) is 0.504. The molecule has 0 unspecified atom stereocenters. The van der Waals surface area contributed by atoms with Crippen molar-refractivity contribution in [1.29, 1.82) is 0 Å². The van der Waals surface area contributed by atoms with Crippen LogP contribution in [0.1, 0.15) is 27.2 Å². The molecule has 0 spiro atoms. The van der Waals surface area contributed by atoms with E-state index in [1.54, 1.807) is 5.38 Å². The minimum Gasteiger partial charge on any atom is -0.350 e. The lowest BCUT2D eigenvalue weighted by molar-refractivity contribution is -0.137. The van der Waals surface area contributed by atoms with Crippen molar-refractivity contribution in [3.8, 4) is 0 Å². The van der Waals surface area contributed by atoms with Gasteiger partial charge in [-0.15, -0.1) is 11.3 Å². The number of carbonyl (C=O) groups excluding carboxylic acids is 2. The molecule has 0 radical (unpaired) electrons. The third-order valence-corrected chi connectivity index (χ3v) is 4.92. The van der Waals surface area contributed by atoms with Gasteiger partial charge in [0.1, 0.15) is 5.69 Å². The second kappa shape index (κ2) is 9.61. The van der Waals surface area contributed by atoms with Gasteiger partial charge < -0.3 is 16.0 Å². The fraction of sp³-hybridized carbons (Fsp3) is 0.190. The number of benzene rings is 2. The van der Waals surface area contributed by atoms with Crippen LogP contribution in [0.2, 0.25) is 0 Å². The van der Waals surface area contributed by atoms with E-state index in [4.69, 9.17) is 0 Å². The highest BCUT2D eigenvalue weighted by molar-refractivity contribution is 7.14. The number of aromatic nitrogens is 1. The second-order valence-corrected chi connectivity index (χ2v) is 7.55. The molecule has 0 aliphatic carbocycles. The van der Waals surface area contributed by atoms with Gasteiger partial charge in [-0.1, -0.05) is 24.3 Å². The van der Waals surface area contributed by atoms with E-state index in [1.807, 2.05) is 31.2 Å². The Hall–Kier alpha value is -3.40. The van der Waals surface area contributed by atoms with Gasteiger partial charge in [0.2, 0.25) is 5.91 Å². The van der Waals surface area contributed by atoms with E-state index in [9.17, 15) is 22.8 Å². The molecule has 2 amide bonds. The number of amides is 2. The first-order valence-corrected chi connectivity index (χ1v) is 10.1. The van der Waals surface area contributed by atoms with Crippen LogP contribution in [0.5, 0.6) is 0 Å². The van der Waals surface area contributed by atoms with E-state index < -0.39 is 23.6 Å². The van der Waals surface area contributed by atoms with Crippen LogP contribution in [0.3, 0.4) is 0 Å². The van der Waals surface area contributed by atoms with Crippen LogP contribution in [0.25, 0.3) is 0 Å². The molecule has 10 heteroatoms. The highest BCUT2D eigenvalue weighted by Gasteiger charge is 2.30. The van der Waals surface area contributed by atoms with E-state index in [0.717, 1.165) is 23.4 Å². The SMILES string of the molecule is Cc1cccc(Nc2nc(C(=O)NCC(=O)NCc3cccc(C(F)(F)F)c3)cs2)c1. The summed E-state index contributed by atoms with van der Waals surface area (Å²) >= 11 is 1.25. The molecule has 3 aromatic rings. The zero-order valence-electron chi connectivity index (χ0n) is 16.4. The molecule has 3 rings (SSSR count). The van der Waals surface area contributed by atoms with Crippen molar-refractivity contribution in [2.45, 2.75) is 19.6 Å². The van der Waals surface area contributed by atoms with E-state index in [-0.39, 0.29) is 18.8 Å². The minimum absolute atomic E-state index is 0.0834. The Morgan fingerprint density at radius 3 is 2.58 bits per heavy atom. The molecular weight excluding hydrogens is 429 g/mol. The topological polar surface area (TPSA) is 83.1 Å². The van der Waals surface area contributed by atoms with Crippen LogP contribution < -0.4 is 16.0 Å². The standard InChI is InChI=1S/C21H19F3N4O2S/c1-13-4-2-7-16(8-13)27-20-28-17(12-31-20)19(30)26-11-18(29)25-10-14-5-3-6-15(9-14)21(22,23)24/h2-9,12H,10-11H2,1H3,(H,25,29)(H,26,30)(H,27,28). The van der Waals surface area contributed by atoms with Gasteiger partial charge in [0.25, 0.3) is 5.91 Å². The first-order chi connectivity index (χ1) is 14.7. The number of nitrogens with zero attached hydrogens (tertiary/aromatic N) is 1. The summed E-state index contributed by atoms with van der Waals surface area (Å²) in [6.07, 6.45) is -4.45. The van der Waals surface area contributed by atoms with E-state index >= 15 is 0 Å². The molecule has 6 nitrogen and oxygen atoms in total. The van der Waals surface area contributed by atoms with E-state index in [0.29, 0.717) is 10.7 Å². The minimum atomic E-state index is -4.45. The van der Waals surface area contributed by atoms with Gasteiger partial charge in [0, 0.05) is 17.6 Å². The summed E-state index contributed by atoms with van der Waals surface area (Å²) < 4.78 is 38.2. The number of nitrogens with one attached hydrogen (secondary N) is 3. The molecule has 31 heavy (non-hydrogen) atoms. The summed E-state index contributed by atoms with van der Waals surface area (Å²) in [7, 11) is 0. The van der Waals surface area contributed by atoms with Gasteiger partial charge >= 0.3 is 6.18 Å². The lowest BCUT2D eigenvalue weighted by atomic mass is 10.1. The molecule has 0 aliphatic heterocycles. The lowest BCUT2D eigenvalue weighted by Crippen LogP contribution is -2.36. The van der Waals surface area contributed by atoms with Crippen molar-refractivity contribution in [2.75, 3.05) is 11.9 Å². The van der Waals surface area contributed by atoms with Crippen LogP contribution >= 0.6 is 11.3 Å². The number of hydrogen-bond donors (Lipinski definition) is 3. The first kappa shape index (κ1) is 22.3. The molecule has 0 atom stereocenters. The number of thiazole rings is 1. The molecule has 0 fully saturated rings. The Balaban J connectivity index is 1.47. The van der Waals surface area contributed by atoms with Gasteiger partial charge in [-0.05, 0) is 42.3 Å². The highest BCUT2D eigenvalue weighted by atomic mass is 32.1. The summed E-state index contributed by atoms with van der Waals surface area (Å²) in [6, 6.07) is 12.4. The number of anilines is 2. The monoisotopic (exact) mass is 448 g/mol. The molecule has 0 saturated heterocycles. The molecule has 1 aromatic heterocycles. The van der Waals surface area contributed by atoms with Crippen LogP contribution in [-0.4, -0.2) is 23.3 Å². The van der Waals surface area contributed by atoms with E-state index in [2.05, 4.69) is 20.9 Å². The van der Waals surface area contributed by atoms with Crippen molar-refractivity contribution >= 4 is 34.0 Å². The first-order valence-electron chi connectivity index (χ1n) is 9.21. The lowest BCUT2D eigenvalue weighted by Gasteiger charge is -2.10. The van der Waals surface area contributed by atoms with Crippen molar-refractivity contribution in [3.05, 3.63) is 76.3 Å². The van der Waals surface area contributed by atoms with Crippen LogP contribution in [-0.2, 0) is 17.5 Å². The van der Waals surface area contributed by atoms with Crippen molar-refractivity contribution in [2.24, 2.45) is 0 Å². The molecule has 0 aliphatic rings. The summed E-state index contributed by atoms with van der Waals surface area (Å²) in [5, 5.41) is 10.1. The number of aryl methyl sites for hydroxylation is 1. The number of halogens is 3. The predicted octanol–water partition coefficient (Wildman–Crippen LogP) is 4.26. The maximum atomic E-state index is 12.7. The zero-order valence-corrected chi connectivity index (χ0v) is 17.2. The molecule has 1 heterocycles. The predicted molar refractivity (Wildman–Crippen MR) is 112 cm³/mol. The van der Waals surface area contributed by atoms with Gasteiger partial charge in [0.15, 0.2) is 5.13 Å². The van der Waals surface area contributed by atoms with Crippen LogP contribution in [0.4, 0.5) is 24.0 Å². The third kappa shape index (κ3) is 6.54. The Kier molecular flexibility index (Phi) is 6.91. The number of hydrogen-bond acceptors (Lipinski definition) is 5. The molecule has 162 valence electrons. The Bertz CT molecular complexity index is 1080. The summed E-state index contributed by atoms with van der Waals surface area (Å²) in [5.41, 5.74) is 1.60. The van der Waals surface area contributed by atoms with Crippen LogP contribution in [0, 0.1) is 6.92 Å². The number of alkyl halides is 3. The van der Waals surface area contributed by atoms with E-state index in [1.165, 1.54) is 23.5 Å². The fourth-order valence-electron chi connectivity index (χ4n) is 2.65. The summed E-state index contributed by atoms with van der Waals surface area (Å²) in [4.78, 5) is 28.3. The Morgan fingerprint density at radius 2 is 1.84 bits per heavy atom. The largest absolute Gasteiger partial charge is 0.416 e. The average molecular weight is 448 g/mol. The number of carbonyl (C=O) groups is 2. The second-order valence-electron chi connectivity index (χ2n) is 6.69. The fourth-order valence-corrected chi connectivity index (χ4v) is 3.36. The average Bonchev–Trinajstić information content (AvgIpc) is 3.18. The normalized spacial score (nSPS) is 11.1. The molecule has 2 aromatic carbocycles. The summed E-state index contributed by atoms with van der Waals surface area (Å²) in [6.45, 7) is 1.56. The van der Waals surface area contributed by atoms with Gasteiger partial charge in [-0.2, -0.15) is 13.2 Å². The van der Waals surface area contributed by atoms with Crippen LogP contribution in [0.15, 0.2) is 53.9 Å². The maximum Gasteiger partial charge on any atom is 0.416 e. The Labute approximate surface area is 180 Å². The molecule has 0 bridgehead atoms. The smallest absolute Gasteiger partial charge is 0.350 e. The Morgan fingerprint density at radius 1 is 1.06 bits per heavy atom. The van der Waals surface area contributed by atoms with Gasteiger partial charge in [0.05, 0.1) is 12.1 Å². The van der Waals surface area contributed by atoms with Crippen molar-refractivity contribution in [1.82, 2.24) is 15.6 Å². The maximum absolute atomic E-state index is 12.7. The number of rotatable bonds is 7. The zero-order chi connectivity index (χ0) is 22.4. The highest BCUT2D eigenvalue weighted by Crippen LogP contribution is 2.29. The van der Waals surface area contributed by atoms with Gasteiger partial charge in [-0.3, -0.25) is 9.59 Å². The molecule has 3 N–H and O–H groups in total. The van der Waals surface area contributed by atoms with Crippen molar-refractivity contribution in [3.63, 3.8) is 0 Å². The molecule has 0 saturated carbocycles. The van der Waals surface area contributed by atoms with Crippen molar-refractivity contribution < 1.29 is 22.8 Å². The summed E-state index contributed by atoms with van der Waals surface area (Å²) in [5.74, 6) is -1.05. The van der Waals surface area contributed by atoms with Gasteiger partial charge in [-0.25, -0.2) is 4.98 Å². The molecular formula is C21H19F3N4O2S. The third-order valence-electron chi connectivity index (χ3n) is 4.16.